The van der Waals surface area contributed by atoms with Crippen LogP contribution in [-0.4, -0.2) is 53.3 Å². The molecule has 138 valence electrons. The van der Waals surface area contributed by atoms with Crippen molar-refractivity contribution in [2.24, 2.45) is 0 Å². The maximum absolute atomic E-state index is 12.7. The number of likely N-dealkylation sites (tertiary alicyclic amines) is 1. The van der Waals surface area contributed by atoms with Gasteiger partial charge in [0.25, 0.3) is 17.7 Å². The van der Waals surface area contributed by atoms with Crippen molar-refractivity contribution >= 4 is 29.3 Å². The van der Waals surface area contributed by atoms with Crippen molar-refractivity contribution in [3.05, 3.63) is 64.7 Å². The molecule has 1 unspecified atom stereocenters. The Morgan fingerprint density at radius 2 is 1.85 bits per heavy atom. The number of benzene rings is 2. The number of fused-ring (bicyclic) bond motifs is 1. The van der Waals surface area contributed by atoms with E-state index in [1.165, 1.54) is 4.90 Å². The van der Waals surface area contributed by atoms with E-state index >= 15 is 0 Å². The monoisotopic (exact) mass is 384 g/mol. The summed E-state index contributed by atoms with van der Waals surface area (Å²) in [5, 5.41) is 0.274. The lowest BCUT2D eigenvalue weighted by Gasteiger charge is -2.22. The maximum atomic E-state index is 12.7. The number of hydrogen-bond acceptors (Lipinski definition) is 4. The van der Waals surface area contributed by atoms with Gasteiger partial charge in [0.2, 0.25) is 0 Å². The van der Waals surface area contributed by atoms with Crippen LogP contribution in [0, 0.1) is 0 Å². The van der Waals surface area contributed by atoms with Gasteiger partial charge in [0.05, 0.1) is 22.2 Å². The van der Waals surface area contributed by atoms with Gasteiger partial charge in [-0.1, -0.05) is 35.9 Å². The van der Waals surface area contributed by atoms with Crippen LogP contribution in [0.3, 0.4) is 0 Å². The summed E-state index contributed by atoms with van der Waals surface area (Å²) in [6.45, 7) is 0.702. The topological polar surface area (TPSA) is 66.9 Å². The molecule has 0 spiro atoms. The molecule has 0 aromatic heterocycles. The largest absolute Gasteiger partial charge is 0.484 e. The second-order valence-electron chi connectivity index (χ2n) is 6.53. The molecular formula is C20H17ClN2O4. The van der Waals surface area contributed by atoms with E-state index in [1.807, 2.05) is 18.2 Å². The van der Waals surface area contributed by atoms with Crippen molar-refractivity contribution in [3.63, 3.8) is 0 Å². The maximum Gasteiger partial charge on any atom is 0.263 e. The molecule has 27 heavy (non-hydrogen) atoms. The van der Waals surface area contributed by atoms with Crippen LogP contribution >= 0.6 is 11.6 Å². The van der Waals surface area contributed by atoms with E-state index in [0.29, 0.717) is 30.8 Å². The van der Waals surface area contributed by atoms with Crippen LogP contribution in [0.1, 0.15) is 27.1 Å². The molecule has 0 N–H and O–H groups in total. The molecule has 7 heteroatoms. The first kappa shape index (κ1) is 17.5. The molecule has 0 radical (unpaired) electrons. The van der Waals surface area contributed by atoms with Crippen LogP contribution in [0.2, 0.25) is 5.02 Å². The fraction of sp³-hybridized carbons (Fsp3) is 0.250. The fourth-order valence-corrected chi connectivity index (χ4v) is 3.78. The summed E-state index contributed by atoms with van der Waals surface area (Å²) in [5.74, 6) is -0.287. The Hall–Kier alpha value is -2.86. The number of nitrogens with zero attached hydrogens (tertiary/aromatic N) is 2. The Bertz CT molecular complexity index is 915. The fourth-order valence-electron chi connectivity index (χ4n) is 3.53. The molecule has 3 amide bonds. The predicted molar refractivity (Wildman–Crippen MR) is 98.9 cm³/mol. The number of rotatable bonds is 4. The van der Waals surface area contributed by atoms with Crippen LogP contribution in [0.4, 0.5) is 0 Å². The molecular weight excluding hydrogens is 368 g/mol. The second-order valence-corrected chi connectivity index (χ2v) is 6.93. The number of carbonyl (C=O) groups excluding carboxylic acids is 3. The average molecular weight is 385 g/mol. The summed E-state index contributed by atoms with van der Waals surface area (Å²) >= 11 is 6.10. The summed E-state index contributed by atoms with van der Waals surface area (Å²) in [5.41, 5.74) is 0.575. The summed E-state index contributed by atoms with van der Waals surface area (Å²) in [6, 6.07) is 13.6. The first-order valence-electron chi connectivity index (χ1n) is 8.68. The number of imide groups is 1. The highest BCUT2D eigenvalue weighted by molar-refractivity contribution is 6.37. The molecule has 2 aromatic carbocycles. The molecule has 2 aliphatic heterocycles. The zero-order valence-corrected chi connectivity index (χ0v) is 15.2. The third-order valence-electron chi connectivity index (χ3n) is 4.88. The summed E-state index contributed by atoms with van der Waals surface area (Å²) in [4.78, 5) is 40.6. The van der Waals surface area contributed by atoms with Gasteiger partial charge in [0.15, 0.2) is 6.61 Å². The van der Waals surface area contributed by atoms with E-state index in [1.54, 1.807) is 35.2 Å². The molecule has 0 aliphatic carbocycles. The first-order chi connectivity index (χ1) is 13.1. The van der Waals surface area contributed by atoms with Crippen molar-refractivity contribution in [1.29, 1.82) is 0 Å². The van der Waals surface area contributed by atoms with E-state index in [4.69, 9.17) is 16.3 Å². The second kappa shape index (κ2) is 7.04. The minimum Gasteiger partial charge on any atom is -0.484 e. The highest BCUT2D eigenvalue weighted by Crippen LogP contribution is 2.32. The first-order valence-corrected chi connectivity index (χ1v) is 9.06. The van der Waals surface area contributed by atoms with Gasteiger partial charge >= 0.3 is 0 Å². The lowest BCUT2D eigenvalue weighted by atomic mass is 10.1. The van der Waals surface area contributed by atoms with Crippen molar-refractivity contribution in [1.82, 2.24) is 9.80 Å². The van der Waals surface area contributed by atoms with Gasteiger partial charge in [0.1, 0.15) is 5.75 Å². The summed E-state index contributed by atoms with van der Waals surface area (Å²) in [6.07, 6.45) is 0.542. The molecule has 4 rings (SSSR count). The van der Waals surface area contributed by atoms with E-state index in [9.17, 15) is 14.4 Å². The lowest BCUT2D eigenvalue weighted by Crippen LogP contribution is -2.43. The molecule has 0 saturated carbocycles. The smallest absolute Gasteiger partial charge is 0.263 e. The lowest BCUT2D eigenvalue weighted by molar-refractivity contribution is -0.132. The van der Waals surface area contributed by atoms with Crippen molar-refractivity contribution < 1.29 is 19.1 Å². The Morgan fingerprint density at radius 3 is 2.59 bits per heavy atom. The molecule has 2 aliphatic rings. The molecule has 2 aromatic rings. The van der Waals surface area contributed by atoms with Crippen molar-refractivity contribution in [2.45, 2.75) is 12.5 Å². The zero-order valence-electron chi connectivity index (χ0n) is 14.4. The van der Waals surface area contributed by atoms with E-state index in [0.717, 1.165) is 0 Å². The Kier molecular flexibility index (Phi) is 4.58. The quantitative estimate of drug-likeness (QED) is 0.760. The number of amides is 3. The molecule has 1 fully saturated rings. The average Bonchev–Trinajstić information content (AvgIpc) is 3.25. The third-order valence-corrected chi connectivity index (χ3v) is 5.20. The number of halogens is 1. The van der Waals surface area contributed by atoms with E-state index in [2.05, 4.69) is 0 Å². The number of hydrogen-bond donors (Lipinski definition) is 0. The molecule has 1 saturated heterocycles. The van der Waals surface area contributed by atoms with Crippen LogP contribution in [0.5, 0.6) is 5.75 Å². The van der Waals surface area contributed by atoms with Crippen molar-refractivity contribution in [2.75, 3.05) is 19.7 Å². The number of carbonyl (C=O) groups is 3. The highest BCUT2D eigenvalue weighted by Gasteiger charge is 2.43. The summed E-state index contributed by atoms with van der Waals surface area (Å²) < 4.78 is 5.49. The number of para-hydroxylation sites is 1. The van der Waals surface area contributed by atoms with Gasteiger partial charge in [-0.05, 0) is 30.7 Å². The normalized spacial score (nSPS) is 18.8. The molecule has 6 nitrogen and oxygen atoms in total. The Morgan fingerprint density at radius 1 is 1.07 bits per heavy atom. The standard InChI is InChI=1S/C20H17ClN2O4/c21-16-8-4-7-15-18(16)20(26)23(19(15)25)13-9-10-22(11-13)17(24)12-27-14-5-2-1-3-6-14/h1-8,13H,9-12H2. The van der Waals surface area contributed by atoms with E-state index in [-0.39, 0.29) is 41.0 Å². The van der Waals surface area contributed by atoms with Crippen LogP contribution in [-0.2, 0) is 4.79 Å². The third kappa shape index (κ3) is 3.17. The molecule has 1 atom stereocenters. The van der Waals surface area contributed by atoms with Gasteiger partial charge in [-0.25, -0.2) is 0 Å². The molecule has 0 bridgehead atoms. The minimum absolute atomic E-state index is 0.0787. The highest BCUT2D eigenvalue weighted by atomic mass is 35.5. The van der Waals surface area contributed by atoms with Gasteiger partial charge in [-0.3, -0.25) is 19.3 Å². The predicted octanol–water partition coefficient (Wildman–Crippen LogP) is 2.62. The Labute approximate surface area is 161 Å². The van der Waals surface area contributed by atoms with Gasteiger partial charge in [0, 0.05) is 13.1 Å². The van der Waals surface area contributed by atoms with Crippen LogP contribution < -0.4 is 4.74 Å². The van der Waals surface area contributed by atoms with Gasteiger partial charge < -0.3 is 9.64 Å². The molecule has 2 heterocycles. The van der Waals surface area contributed by atoms with Gasteiger partial charge in [-0.15, -0.1) is 0 Å². The van der Waals surface area contributed by atoms with Crippen LogP contribution in [0.25, 0.3) is 0 Å². The van der Waals surface area contributed by atoms with Crippen LogP contribution in [0.15, 0.2) is 48.5 Å². The van der Waals surface area contributed by atoms with Gasteiger partial charge in [-0.2, -0.15) is 0 Å². The minimum atomic E-state index is -0.388. The number of ether oxygens (including phenoxy) is 1. The van der Waals surface area contributed by atoms with E-state index < -0.39 is 0 Å². The van der Waals surface area contributed by atoms with Crippen molar-refractivity contribution in [3.8, 4) is 5.75 Å². The summed E-state index contributed by atoms with van der Waals surface area (Å²) in [7, 11) is 0. The Balaban J connectivity index is 1.41. The zero-order chi connectivity index (χ0) is 19.0. The SMILES string of the molecule is O=C(COc1ccccc1)N1CCC(N2C(=O)c3cccc(Cl)c3C2=O)C1.